The van der Waals surface area contributed by atoms with Crippen molar-refractivity contribution in [3.05, 3.63) is 59.2 Å². The average molecular weight is 432 g/mol. The van der Waals surface area contributed by atoms with E-state index >= 15 is 0 Å². The first-order chi connectivity index (χ1) is 14.3. The molecule has 2 amide bonds. The molecule has 2 aromatic rings. The Balaban J connectivity index is 1.75. The Morgan fingerprint density at radius 1 is 1.00 bits per heavy atom. The maximum absolute atomic E-state index is 12.7. The molecule has 0 saturated carbocycles. The molecule has 2 aromatic carbocycles. The molecule has 0 aliphatic carbocycles. The summed E-state index contributed by atoms with van der Waals surface area (Å²) in [7, 11) is -3.61. The van der Waals surface area contributed by atoms with Crippen LogP contribution in [0.25, 0.3) is 0 Å². The lowest BCUT2D eigenvalue weighted by atomic mass is 10.1. The summed E-state index contributed by atoms with van der Waals surface area (Å²) in [5, 5.41) is 5.51. The number of carbonyl (C=O) groups excluding carboxylic acids is 2. The van der Waals surface area contributed by atoms with Gasteiger partial charge in [0.2, 0.25) is 10.0 Å². The molecule has 0 atom stereocenters. The molecule has 1 heterocycles. The van der Waals surface area contributed by atoms with E-state index in [4.69, 9.17) is 4.74 Å². The van der Waals surface area contributed by atoms with Crippen molar-refractivity contribution >= 4 is 27.5 Å². The second-order valence-corrected chi connectivity index (χ2v) is 8.82. The fourth-order valence-corrected chi connectivity index (χ4v) is 4.48. The minimum absolute atomic E-state index is 0.135. The molecule has 9 heteroatoms. The summed E-state index contributed by atoms with van der Waals surface area (Å²) < 4.78 is 32.0. The highest BCUT2D eigenvalue weighted by Gasteiger charge is 2.26. The van der Waals surface area contributed by atoms with Gasteiger partial charge in [0, 0.05) is 36.4 Å². The minimum atomic E-state index is -3.61. The fourth-order valence-electron chi connectivity index (χ4n) is 3.07. The summed E-state index contributed by atoms with van der Waals surface area (Å²) in [5.74, 6) is -0.604. The molecule has 3 rings (SSSR count). The molecular weight excluding hydrogens is 406 g/mol. The summed E-state index contributed by atoms with van der Waals surface area (Å²) in [6.45, 7) is 5.53. The first-order valence-electron chi connectivity index (χ1n) is 9.71. The number of carbonyl (C=O) groups is 2. The molecule has 1 aliphatic rings. The maximum Gasteiger partial charge on any atom is 0.255 e. The van der Waals surface area contributed by atoms with E-state index in [1.165, 1.54) is 28.6 Å². The van der Waals surface area contributed by atoms with E-state index in [0.29, 0.717) is 49.7 Å². The number of rotatable bonds is 6. The van der Waals surface area contributed by atoms with Crippen LogP contribution in [0, 0.1) is 6.92 Å². The van der Waals surface area contributed by atoms with Crippen LogP contribution in [0.15, 0.2) is 47.4 Å². The second-order valence-electron chi connectivity index (χ2n) is 6.88. The molecule has 1 saturated heterocycles. The smallest absolute Gasteiger partial charge is 0.255 e. The lowest BCUT2D eigenvalue weighted by molar-refractivity contribution is 0.0730. The van der Waals surface area contributed by atoms with Crippen molar-refractivity contribution in [2.45, 2.75) is 18.7 Å². The van der Waals surface area contributed by atoms with E-state index in [0.717, 1.165) is 5.56 Å². The predicted molar refractivity (Wildman–Crippen MR) is 113 cm³/mol. The molecule has 1 aliphatic heterocycles. The van der Waals surface area contributed by atoms with Crippen molar-refractivity contribution in [1.82, 2.24) is 9.62 Å². The largest absolute Gasteiger partial charge is 0.379 e. The van der Waals surface area contributed by atoms with Gasteiger partial charge in [-0.3, -0.25) is 9.59 Å². The third-order valence-corrected chi connectivity index (χ3v) is 6.72. The van der Waals surface area contributed by atoms with Crippen LogP contribution in [0.1, 0.15) is 33.2 Å². The average Bonchev–Trinajstić information content (AvgIpc) is 2.76. The molecule has 160 valence electrons. The zero-order valence-electron chi connectivity index (χ0n) is 17.0. The molecule has 1 fully saturated rings. The first-order valence-corrected chi connectivity index (χ1v) is 11.1. The quantitative estimate of drug-likeness (QED) is 0.728. The standard InChI is InChI=1S/C21H25N3O5S/c1-3-22-20(25)17-5-4-15(2)19(14-17)23-21(26)16-6-8-18(9-7-16)30(27,28)24-10-12-29-13-11-24/h4-9,14H,3,10-13H2,1-2H3,(H,22,25)(H,23,26). The van der Waals surface area contributed by atoms with Crippen LogP contribution in [-0.4, -0.2) is 57.4 Å². The Labute approximate surface area is 176 Å². The number of nitrogens with one attached hydrogen (secondary N) is 2. The van der Waals surface area contributed by atoms with Gasteiger partial charge in [0.1, 0.15) is 0 Å². The number of aryl methyl sites for hydroxylation is 1. The Hall–Kier alpha value is -2.75. The van der Waals surface area contributed by atoms with Crippen molar-refractivity contribution in [3.63, 3.8) is 0 Å². The van der Waals surface area contributed by atoms with Crippen LogP contribution in [0.5, 0.6) is 0 Å². The van der Waals surface area contributed by atoms with Gasteiger partial charge in [-0.2, -0.15) is 4.31 Å². The summed E-state index contributed by atoms with van der Waals surface area (Å²) in [6, 6.07) is 10.9. The number of nitrogens with zero attached hydrogens (tertiary/aromatic N) is 1. The number of anilines is 1. The van der Waals surface area contributed by atoms with Crippen molar-refractivity contribution in [2.75, 3.05) is 38.2 Å². The minimum Gasteiger partial charge on any atom is -0.379 e. The monoisotopic (exact) mass is 431 g/mol. The molecule has 8 nitrogen and oxygen atoms in total. The Morgan fingerprint density at radius 2 is 1.63 bits per heavy atom. The Kier molecular flexibility index (Phi) is 6.86. The van der Waals surface area contributed by atoms with Gasteiger partial charge in [-0.25, -0.2) is 8.42 Å². The van der Waals surface area contributed by atoms with Crippen LogP contribution < -0.4 is 10.6 Å². The van der Waals surface area contributed by atoms with Crippen LogP contribution in [0.2, 0.25) is 0 Å². The van der Waals surface area contributed by atoms with Crippen molar-refractivity contribution in [2.24, 2.45) is 0 Å². The van der Waals surface area contributed by atoms with Gasteiger partial charge >= 0.3 is 0 Å². The Bertz CT molecular complexity index is 1030. The van der Waals surface area contributed by atoms with Gasteiger partial charge in [0.05, 0.1) is 18.1 Å². The molecule has 0 unspecified atom stereocenters. The van der Waals surface area contributed by atoms with Crippen LogP contribution in [0.3, 0.4) is 0 Å². The first kappa shape index (κ1) is 21.9. The maximum atomic E-state index is 12.7. The van der Waals surface area contributed by atoms with Crippen LogP contribution in [0.4, 0.5) is 5.69 Å². The molecule has 30 heavy (non-hydrogen) atoms. The highest BCUT2D eigenvalue weighted by Crippen LogP contribution is 2.20. The van der Waals surface area contributed by atoms with Gasteiger partial charge in [-0.1, -0.05) is 6.07 Å². The van der Waals surface area contributed by atoms with Gasteiger partial charge in [0.15, 0.2) is 0 Å². The van der Waals surface area contributed by atoms with Gasteiger partial charge in [0.25, 0.3) is 11.8 Å². The number of benzene rings is 2. The summed E-state index contributed by atoms with van der Waals surface area (Å²) in [6.07, 6.45) is 0. The molecule has 0 radical (unpaired) electrons. The molecular formula is C21H25N3O5S. The summed E-state index contributed by atoms with van der Waals surface area (Å²) in [4.78, 5) is 24.8. The zero-order chi connectivity index (χ0) is 21.7. The number of sulfonamides is 1. The summed E-state index contributed by atoms with van der Waals surface area (Å²) in [5.41, 5.74) is 2.10. The normalized spacial score (nSPS) is 14.9. The van der Waals surface area contributed by atoms with E-state index in [-0.39, 0.29) is 16.7 Å². The highest BCUT2D eigenvalue weighted by atomic mass is 32.2. The number of amides is 2. The highest BCUT2D eigenvalue weighted by molar-refractivity contribution is 7.89. The number of ether oxygens (including phenoxy) is 1. The molecule has 0 spiro atoms. The number of hydrogen-bond acceptors (Lipinski definition) is 5. The summed E-state index contributed by atoms with van der Waals surface area (Å²) >= 11 is 0. The third kappa shape index (κ3) is 4.86. The fraction of sp³-hybridized carbons (Fsp3) is 0.333. The predicted octanol–water partition coefficient (Wildman–Crippen LogP) is 2.02. The topological polar surface area (TPSA) is 105 Å². The van der Waals surface area contributed by atoms with Crippen molar-refractivity contribution < 1.29 is 22.7 Å². The van der Waals surface area contributed by atoms with Crippen molar-refractivity contribution in [1.29, 1.82) is 0 Å². The lowest BCUT2D eigenvalue weighted by Crippen LogP contribution is -2.40. The van der Waals surface area contributed by atoms with E-state index in [2.05, 4.69) is 10.6 Å². The zero-order valence-corrected chi connectivity index (χ0v) is 17.8. The van der Waals surface area contributed by atoms with Gasteiger partial charge in [-0.05, 0) is 55.8 Å². The SMILES string of the molecule is CCNC(=O)c1ccc(C)c(NC(=O)c2ccc(S(=O)(=O)N3CCOCC3)cc2)c1. The lowest BCUT2D eigenvalue weighted by Gasteiger charge is -2.26. The second kappa shape index (κ2) is 9.38. The van der Waals surface area contributed by atoms with Crippen molar-refractivity contribution in [3.8, 4) is 0 Å². The van der Waals surface area contributed by atoms with E-state index < -0.39 is 10.0 Å². The number of hydrogen-bond donors (Lipinski definition) is 2. The Morgan fingerprint density at radius 3 is 2.27 bits per heavy atom. The van der Waals surface area contributed by atoms with Crippen LogP contribution in [-0.2, 0) is 14.8 Å². The van der Waals surface area contributed by atoms with Gasteiger partial charge < -0.3 is 15.4 Å². The van der Waals surface area contributed by atoms with Crippen LogP contribution >= 0.6 is 0 Å². The molecule has 0 bridgehead atoms. The van der Waals surface area contributed by atoms with E-state index in [9.17, 15) is 18.0 Å². The van der Waals surface area contributed by atoms with Gasteiger partial charge in [-0.15, -0.1) is 0 Å². The number of morpholine rings is 1. The van der Waals surface area contributed by atoms with E-state index in [1.54, 1.807) is 18.2 Å². The third-order valence-electron chi connectivity index (χ3n) is 4.81. The molecule has 0 aromatic heterocycles. The van der Waals surface area contributed by atoms with E-state index in [1.807, 2.05) is 13.8 Å². The molecule has 2 N–H and O–H groups in total.